The van der Waals surface area contributed by atoms with E-state index in [-0.39, 0.29) is 0 Å². The van der Waals surface area contributed by atoms with Crippen LogP contribution >= 0.6 is 11.9 Å². The fourth-order valence-corrected chi connectivity index (χ4v) is 0.395. The first-order chi connectivity index (χ1) is 3.27. The second-order valence-electron chi connectivity index (χ2n) is 1.10. The second kappa shape index (κ2) is 3.87. The van der Waals surface area contributed by atoms with Crippen molar-refractivity contribution in [2.45, 2.75) is 6.92 Å². The van der Waals surface area contributed by atoms with E-state index in [1.807, 2.05) is 6.26 Å². The zero-order valence-electron chi connectivity index (χ0n) is 4.43. The fourth-order valence-electron chi connectivity index (χ4n) is 0.132. The molecule has 0 unspecified atom stereocenters. The summed E-state index contributed by atoms with van der Waals surface area (Å²) in [7, 11) is 0. The molecule has 0 rings (SSSR count). The predicted molar refractivity (Wildman–Crippen MR) is 35.4 cm³/mol. The molecule has 0 spiro atoms. The summed E-state index contributed by atoms with van der Waals surface area (Å²) in [6.07, 6.45) is 3.38. The van der Waals surface area contributed by atoms with Crippen LogP contribution in [-0.4, -0.2) is 18.2 Å². The number of rotatable bonds is 2. The van der Waals surface area contributed by atoms with E-state index in [1.54, 1.807) is 6.92 Å². The standard InChI is InChI=1S/C4H8N2S/c1-4(5)3-6-7-2/h3,5H,1-2H3. The maximum absolute atomic E-state index is 6.84. The van der Waals surface area contributed by atoms with Crippen LogP contribution < -0.4 is 0 Å². The van der Waals surface area contributed by atoms with Crippen molar-refractivity contribution >= 4 is 23.9 Å². The molecule has 0 aromatic carbocycles. The average molecular weight is 116 g/mol. The van der Waals surface area contributed by atoms with Gasteiger partial charge < -0.3 is 5.41 Å². The molecular formula is C4H8N2S. The van der Waals surface area contributed by atoms with E-state index in [0.717, 1.165) is 0 Å². The van der Waals surface area contributed by atoms with Gasteiger partial charge in [0.1, 0.15) is 0 Å². The van der Waals surface area contributed by atoms with Crippen LogP contribution in [0, 0.1) is 5.41 Å². The van der Waals surface area contributed by atoms with Crippen molar-refractivity contribution in [3.8, 4) is 0 Å². The Morgan fingerprint density at radius 2 is 2.43 bits per heavy atom. The van der Waals surface area contributed by atoms with Gasteiger partial charge in [-0.1, -0.05) is 0 Å². The second-order valence-corrected chi connectivity index (χ2v) is 1.68. The number of hydrogen-bond acceptors (Lipinski definition) is 3. The minimum Gasteiger partial charge on any atom is -0.304 e. The lowest BCUT2D eigenvalue weighted by Crippen LogP contribution is -1.85. The first kappa shape index (κ1) is 6.69. The zero-order chi connectivity index (χ0) is 5.70. The number of nitrogens with zero attached hydrogens (tertiary/aromatic N) is 1. The van der Waals surface area contributed by atoms with Gasteiger partial charge in [0.05, 0.1) is 6.21 Å². The van der Waals surface area contributed by atoms with Crippen molar-refractivity contribution in [2.75, 3.05) is 6.26 Å². The van der Waals surface area contributed by atoms with E-state index in [4.69, 9.17) is 5.41 Å². The average Bonchev–Trinajstić information content (AvgIpc) is 1.61. The molecule has 0 saturated carbocycles. The van der Waals surface area contributed by atoms with Crippen LogP contribution in [0.25, 0.3) is 0 Å². The van der Waals surface area contributed by atoms with Crippen LogP contribution in [0.15, 0.2) is 4.40 Å². The van der Waals surface area contributed by atoms with E-state index in [0.29, 0.717) is 5.71 Å². The Balaban J connectivity index is 3.26. The van der Waals surface area contributed by atoms with Crippen molar-refractivity contribution < 1.29 is 0 Å². The molecule has 0 aromatic heterocycles. The van der Waals surface area contributed by atoms with Gasteiger partial charge in [-0.2, -0.15) is 0 Å². The third-order valence-electron chi connectivity index (χ3n) is 0.352. The lowest BCUT2D eigenvalue weighted by molar-refractivity contribution is 1.52. The highest BCUT2D eigenvalue weighted by molar-refractivity contribution is 7.97. The highest BCUT2D eigenvalue weighted by atomic mass is 32.2. The topological polar surface area (TPSA) is 36.2 Å². The molecule has 0 heterocycles. The Hall–Kier alpha value is -0.310. The molecule has 1 N–H and O–H groups in total. The SMILES string of the molecule is CSN=CC(C)=N. The predicted octanol–water partition coefficient (Wildman–Crippen LogP) is 1.37. The van der Waals surface area contributed by atoms with Gasteiger partial charge in [-0.3, -0.25) is 0 Å². The Morgan fingerprint density at radius 3 is 2.57 bits per heavy atom. The molecule has 2 nitrogen and oxygen atoms in total. The van der Waals surface area contributed by atoms with Gasteiger partial charge in [0.2, 0.25) is 0 Å². The molecule has 0 saturated heterocycles. The molecule has 0 aromatic rings. The van der Waals surface area contributed by atoms with E-state index >= 15 is 0 Å². The van der Waals surface area contributed by atoms with Crippen molar-refractivity contribution in [3.63, 3.8) is 0 Å². The summed E-state index contributed by atoms with van der Waals surface area (Å²) in [5.41, 5.74) is 0.495. The van der Waals surface area contributed by atoms with Crippen LogP contribution in [0.5, 0.6) is 0 Å². The van der Waals surface area contributed by atoms with Crippen LogP contribution in [0.3, 0.4) is 0 Å². The summed E-state index contributed by atoms with van der Waals surface area (Å²) in [6.45, 7) is 1.69. The fraction of sp³-hybridized carbons (Fsp3) is 0.500. The zero-order valence-corrected chi connectivity index (χ0v) is 5.25. The van der Waals surface area contributed by atoms with Gasteiger partial charge in [0.15, 0.2) is 0 Å². The third kappa shape index (κ3) is 5.69. The van der Waals surface area contributed by atoms with Gasteiger partial charge in [0, 0.05) is 12.0 Å². The molecular weight excluding hydrogens is 108 g/mol. The molecule has 0 aliphatic rings. The van der Waals surface area contributed by atoms with E-state index in [9.17, 15) is 0 Å². The quantitative estimate of drug-likeness (QED) is 0.429. The smallest absolute Gasteiger partial charge is 0.0556 e. The monoisotopic (exact) mass is 116 g/mol. The molecule has 3 heteroatoms. The van der Waals surface area contributed by atoms with Crippen molar-refractivity contribution in [1.29, 1.82) is 5.41 Å². The third-order valence-corrected chi connectivity index (χ3v) is 0.668. The minimum absolute atomic E-state index is 0.495. The summed E-state index contributed by atoms with van der Waals surface area (Å²) in [6, 6.07) is 0. The van der Waals surface area contributed by atoms with Crippen LogP contribution in [0.1, 0.15) is 6.92 Å². The van der Waals surface area contributed by atoms with E-state index < -0.39 is 0 Å². The normalized spacial score (nSPS) is 10.0. The molecule has 7 heavy (non-hydrogen) atoms. The first-order valence-corrected chi connectivity index (χ1v) is 3.07. The summed E-state index contributed by atoms with van der Waals surface area (Å²) >= 11 is 1.36. The van der Waals surface area contributed by atoms with Crippen molar-refractivity contribution in [3.05, 3.63) is 0 Å². The van der Waals surface area contributed by atoms with Gasteiger partial charge in [-0.15, -0.1) is 0 Å². The molecule has 0 bridgehead atoms. The highest BCUT2D eigenvalue weighted by Gasteiger charge is 1.72. The molecule has 0 radical (unpaired) electrons. The molecule has 0 aliphatic carbocycles. The van der Waals surface area contributed by atoms with Gasteiger partial charge in [0.25, 0.3) is 0 Å². The largest absolute Gasteiger partial charge is 0.304 e. The minimum atomic E-state index is 0.495. The summed E-state index contributed by atoms with van der Waals surface area (Å²) < 4.78 is 3.74. The summed E-state index contributed by atoms with van der Waals surface area (Å²) in [5.74, 6) is 0. The summed E-state index contributed by atoms with van der Waals surface area (Å²) in [4.78, 5) is 0. The summed E-state index contributed by atoms with van der Waals surface area (Å²) in [5, 5.41) is 6.84. The maximum Gasteiger partial charge on any atom is 0.0556 e. The van der Waals surface area contributed by atoms with E-state index in [2.05, 4.69) is 4.40 Å². The number of hydrogen-bond donors (Lipinski definition) is 1. The Bertz CT molecular complexity index is 87.7. The lowest BCUT2D eigenvalue weighted by Gasteiger charge is -1.77. The van der Waals surface area contributed by atoms with Crippen molar-refractivity contribution in [1.82, 2.24) is 0 Å². The van der Waals surface area contributed by atoms with Gasteiger partial charge in [-0.25, -0.2) is 4.40 Å². The number of nitrogens with one attached hydrogen (secondary N) is 1. The first-order valence-electron chi connectivity index (χ1n) is 1.89. The molecule has 0 atom stereocenters. The van der Waals surface area contributed by atoms with Crippen LogP contribution in [-0.2, 0) is 0 Å². The lowest BCUT2D eigenvalue weighted by atomic mass is 10.5. The molecule has 40 valence electrons. The molecule has 0 fully saturated rings. The van der Waals surface area contributed by atoms with Gasteiger partial charge in [-0.05, 0) is 18.9 Å². The van der Waals surface area contributed by atoms with Crippen LogP contribution in [0.4, 0.5) is 0 Å². The Morgan fingerprint density at radius 1 is 1.86 bits per heavy atom. The van der Waals surface area contributed by atoms with Crippen LogP contribution in [0.2, 0.25) is 0 Å². The van der Waals surface area contributed by atoms with Gasteiger partial charge >= 0.3 is 0 Å². The highest BCUT2D eigenvalue weighted by Crippen LogP contribution is 1.88. The maximum atomic E-state index is 6.84. The molecule has 0 amide bonds. The Kier molecular flexibility index (Phi) is 3.69. The Labute approximate surface area is 47.7 Å². The molecule has 0 aliphatic heterocycles. The van der Waals surface area contributed by atoms with E-state index in [1.165, 1.54) is 18.2 Å². The van der Waals surface area contributed by atoms with Crippen molar-refractivity contribution in [2.24, 2.45) is 4.40 Å².